The van der Waals surface area contributed by atoms with Gasteiger partial charge in [0.15, 0.2) is 0 Å². The molecule has 3 unspecified atom stereocenters. The van der Waals surface area contributed by atoms with Gasteiger partial charge in [0, 0.05) is 6.04 Å². The summed E-state index contributed by atoms with van der Waals surface area (Å²) in [6, 6.07) is -0.416. The average Bonchev–Trinajstić information content (AvgIpc) is 2.42. The minimum Gasteiger partial charge on any atom is -1.00 e. The van der Waals surface area contributed by atoms with E-state index in [1.807, 2.05) is 0 Å². The van der Waals surface area contributed by atoms with E-state index in [1.165, 1.54) is 11.3 Å². The Morgan fingerprint density at radius 2 is 2.00 bits per heavy atom. The zero-order valence-electron chi connectivity index (χ0n) is 12.0. The molecule has 0 aromatic carbocycles. The third kappa shape index (κ3) is 3.47. The Hall–Kier alpha value is -0.100. The molecule has 1 amide bonds. The molecule has 1 saturated carbocycles. The number of nitrogens with two attached hydrogens (primary N) is 1. The molecule has 1 heterocycles. The number of nitrogens with zero attached hydrogens (tertiary/aromatic N) is 1. The predicted octanol–water partition coefficient (Wildman–Crippen LogP) is -2.30. The number of likely N-dealkylation sites (tertiary alicyclic amines) is 1. The Morgan fingerprint density at radius 3 is 2.67 bits per heavy atom. The summed E-state index contributed by atoms with van der Waals surface area (Å²) in [6.45, 7) is -0.201. The molecule has 98 valence electrons. The van der Waals surface area contributed by atoms with E-state index in [4.69, 9.17) is 10.8 Å². The summed E-state index contributed by atoms with van der Waals surface area (Å²) < 4.78 is 0. The van der Waals surface area contributed by atoms with Crippen molar-refractivity contribution in [3.8, 4) is 0 Å². The number of hydrogen-bond acceptors (Lipinski definition) is 3. The van der Waals surface area contributed by atoms with E-state index in [0.717, 1.165) is 25.7 Å². The number of aliphatic carboxylic acids is 1. The smallest absolute Gasteiger partial charge is 1.00 e. The molecular weight excluding hydrogens is 243 g/mol. The number of rotatable bonds is 2. The SMILES string of the molecule is NC1CCC2CCCCC2N(CC(=O)O)C1=O.[H-].[Na+]. The molecule has 3 atom stereocenters. The number of carboxylic acid groups (broad SMARTS) is 1. The molecule has 5 nitrogen and oxygen atoms in total. The minimum atomic E-state index is -0.947. The molecule has 2 rings (SSSR count). The monoisotopic (exact) mass is 264 g/mol. The van der Waals surface area contributed by atoms with E-state index in [2.05, 4.69) is 0 Å². The summed E-state index contributed by atoms with van der Waals surface area (Å²) >= 11 is 0. The second-order valence-corrected chi connectivity index (χ2v) is 5.16. The number of carbonyl (C=O) groups is 2. The molecule has 1 aliphatic heterocycles. The summed E-state index contributed by atoms with van der Waals surface area (Å²) in [6.07, 6.45) is 5.94. The fourth-order valence-electron chi connectivity index (χ4n) is 3.17. The molecule has 2 fully saturated rings. The van der Waals surface area contributed by atoms with Crippen molar-refractivity contribution in [3.05, 3.63) is 0 Å². The first-order valence-electron chi connectivity index (χ1n) is 6.37. The van der Waals surface area contributed by atoms with Crippen LogP contribution in [0.5, 0.6) is 0 Å². The molecular formula is C12H21N2NaO3. The maximum Gasteiger partial charge on any atom is 1.00 e. The number of fused-ring (bicyclic) bond motifs is 1. The molecule has 1 saturated heterocycles. The van der Waals surface area contributed by atoms with Gasteiger partial charge in [0.05, 0.1) is 6.04 Å². The van der Waals surface area contributed by atoms with Gasteiger partial charge >= 0.3 is 35.5 Å². The molecule has 0 aromatic heterocycles. The topological polar surface area (TPSA) is 83.6 Å². The third-order valence-electron chi connectivity index (χ3n) is 4.02. The van der Waals surface area contributed by atoms with E-state index in [0.29, 0.717) is 12.3 Å². The zero-order valence-corrected chi connectivity index (χ0v) is 13.0. The van der Waals surface area contributed by atoms with Gasteiger partial charge in [-0.15, -0.1) is 0 Å². The summed E-state index contributed by atoms with van der Waals surface area (Å²) in [5.74, 6) is -0.681. The molecule has 0 radical (unpaired) electrons. The Morgan fingerprint density at radius 1 is 1.33 bits per heavy atom. The van der Waals surface area contributed by atoms with E-state index < -0.39 is 12.0 Å². The van der Waals surface area contributed by atoms with Crippen molar-refractivity contribution < 1.29 is 45.7 Å². The second-order valence-electron chi connectivity index (χ2n) is 5.16. The van der Waals surface area contributed by atoms with Crippen molar-refractivity contribution in [2.24, 2.45) is 11.7 Å². The molecule has 1 aliphatic carbocycles. The number of carboxylic acids is 1. The molecule has 0 spiro atoms. The van der Waals surface area contributed by atoms with Crippen molar-refractivity contribution in [2.75, 3.05) is 6.54 Å². The first-order valence-corrected chi connectivity index (χ1v) is 6.37. The summed E-state index contributed by atoms with van der Waals surface area (Å²) in [5.41, 5.74) is 5.81. The fraction of sp³-hybridized carbons (Fsp3) is 0.833. The van der Waals surface area contributed by atoms with Crippen molar-refractivity contribution in [1.82, 2.24) is 4.90 Å². The van der Waals surface area contributed by atoms with Gasteiger partial charge in [0.1, 0.15) is 6.54 Å². The van der Waals surface area contributed by atoms with Gasteiger partial charge < -0.3 is 17.2 Å². The van der Waals surface area contributed by atoms with Crippen LogP contribution < -0.4 is 35.3 Å². The van der Waals surface area contributed by atoms with Gasteiger partial charge in [-0.3, -0.25) is 9.59 Å². The van der Waals surface area contributed by atoms with Gasteiger partial charge in [-0.25, -0.2) is 0 Å². The molecule has 6 heteroatoms. The van der Waals surface area contributed by atoms with Crippen LogP contribution in [0.1, 0.15) is 40.0 Å². The molecule has 2 aliphatic rings. The summed E-state index contributed by atoms with van der Waals surface area (Å²) in [7, 11) is 0. The van der Waals surface area contributed by atoms with Gasteiger partial charge in [0.25, 0.3) is 0 Å². The van der Waals surface area contributed by atoms with Crippen molar-refractivity contribution in [2.45, 2.75) is 50.6 Å². The van der Waals surface area contributed by atoms with Crippen LogP contribution >= 0.6 is 0 Å². The average molecular weight is 264 g/mol. The Balaban J connectivity index is 0.00000162. The van der Waals surface area contributed by atoms with E-state index in [9.17, 15) is 9.59 Å². The van der Waals surface area contributed by atoms with E-state index in [-0.39, 0.29) is 49.5 Å². The third-order valence-corrected chi connectivity index (χ3v) is 4.02. The van der Waals surface area contributed by atoms with Gasteiger partial charge in [-0.05, 0) is 31.6 Å². The van der Waals surface area contributed by atoms with E-state index >= 15 is 0 Å². The molecule has 18 heavy (non-hydrogen) atoms. The normalized spacial score (nSPS) is 32.2. The predicted molar refractivity (Wildman–Crippen MR) is 63.4 cm³/mol. The molecule has 0 bridgehead atoms. The van der Waals surface area contributed by atoms with Crippen LogP contribution in [0.25, 0.3) is 0 Å². The van der Waals surface area contributed by atoms with Crippen LogP contribution in [-0.2, 0) is 9.59 Å². The maximum absolute atomic E-state index is 12.1. The van der Waals surface area contributed by atoms with Gasteiger partial charge in [-0.1, -0.05) is 12.8 Å². The van der Waals surface area contributed by atoms with Crippen LogP contribution in [0.15, 0.2) is 0 Å². The number of hydrogen-bond donors (Lipinski definition) is 2. The van der Waals surface area contributed by atoms with Gasteiger partial charge in [0.2, 0.25) is 5.91 Å². The van der Waals surface area contributed by atoms with Crippen LogP contribution in [0, 0.1) is 5.92 Å². The Labute approximate surface area is 131 Å². The second kappa shape index (κ2) is 6.89. The quantitative estimate of drug-likeness (QED) is 0.549. The summed E-state index contributed by atoms with van der Waals surface area (Å²) in [5, 5.41) is 8.92. The Bertz CT molecular complexity index is 330. The zero-order chi connectivity index (χ0) is 12.4. The van der Waals surface area contributed by atoms with Crippen LogP contribution in [0.2, 0.25) is 0 Å². The Kier molecular flexibility index (Phi) is 6.11. The summed E-state index contributed by atoms with van der Waals surface area (Å²) in [4.78, 5) is 24.5. The number of amides is 1. The largest absolute Gasteiger partial charge is 1.00 e. The van der Waals surface area contributed by atoms with Gasteiger partial charge in [-0.2, -0.15) is 0 Å². The van der Waals surface area contributed by atoms with Crippen LogP contribution in [-0.4, -0.2) is 40.5 Å². The van der Waals surface area contributed by atoms with Crippen LogP contribution in [0.3, 0.4) is 0 Å². The van der Waals surface area contributed by atoms with Crippen molar-refractivity contribution in [1.29, 1.82) is 0 Å². The molecule has 0 aromatic rings. The van der Waals surface area contributed by atoms with E-state index in [1.54, 1.807) is 0 Å². The first-order chi connectivity index (χ1) is 8.09. The minimum absolute atomic E-state index is 0. The van der Waals surface area contributed by atoms with Crippen LogP contribution in [0.4, 0.5) is 0 Å². The van der Waals surface area contributed by atoms with Crippen molar-refractivity contribution >= 4 is 11.9 Å². The van der Waals surface area contributed by atoms with Crippen molar-refractivity contribution in [3.63, 3.8) is 0 Å². The first kappa shape index (κ1) is 16.0. The fourth-order valence-corrected chi connectivity index (χ4v) is 3.17. The molecule has 3 N–H and O–H groups in total. The standard InChI is InChI=1S/C12H20N2O3.Na.H/c13-9-6-5-8-3-1-2-4-10(8)14(12(9)17)7-11(15)16;;/h8-10H,1-7,13H2,(H,15,16);;/q;+1;-1. The maximum atomic E-state index is 12.1. The number of carbonyl (C=O) groups excluding carboxylic acids is 1.